The number of aromatic nitrogens is 2. The summed E-state index contributed by atoms with van der Waals surface area (Å²) in [5, 5.41) is 4.43. The number of aldehydes is 1. The summed E-state index contributed by atoms with van der Waals surface area (Å²) in [7, 11) is 0. The molecule has 0 aliphatic rings. The first-order valence-corrected chi connectivity index (χ1v) is 6.08. The van der Waals surface area contributed by atoms with Gasteiger partial charge in [-0.25, -0.2) is 0 Å². The second-order valence-corrected chi connectivity index (χ2v) is 4.79. The van der Waals surface area contributed by atoms with Crippen molar-refractivity contribution >= 4 is 6.29 Å². The zero-order valence-corrected chi connectivity index (χ0v) is 11.3. The molecule has 2 aromatic rings. The first kappa shape index (κ1) is 12.6. The summed E-state index contributed by atoms with van der Waals surface area (Å²) in [4.78, 5) is 11.0. The van der Waals surface area contributed by atoms with Crippen LogP contribution >= 0.6 is 0 Å². The Hall–Kier alpha value is -1.90. The van der Waals surface area contributed by atoms with Crippen molar-refractivity contribution in [1.82, 2.24) is 9.78 Å². The van der Waals surface area contributed by atoms with E-state index in [4.69, 9.17) is 0 Å². The van der Waals surface area contributed by atoms with Crippen LogP contribution in [0.1, 0.15) is 38.4 Å². The Morgan fingerprint density at radius 1 is 1.22 bits per heavy atom. The van der Waals surface area contributed by atoms with Crippen LogP contribution in [0.4, 0.5) is 0 Å². The quantitative estimate of drug-likeness (QED) is 0.775. The highest BCUT2D eigenvalue weighted by atomic mass is 16.1. The van der Waals surface area contributed by atoms with E-state index in [0.717, 1.165) is 17.7 Å². The van der Waals surface area contributed by atoms with E-state index in [-0.39, 0.29) is 0 Å². The number of benzene rings is 1. The fourth-order valence-electron chi connectivity index (χ4n) is 2.22. The van der Waals surface area contributed by atoms with Crippen LogP contribution < -0.4 is 0 Å². The zero-order chi connectivity index (χ0) is 13.3. The van der Waals surface area contributed by atoms with E-state index in [2.05, 4.69) is 37.1 Å². The van der Waals surface area contributed by atoms with Crippen LogP contribution in [0.25, 0.3) is 0 Å². The lowest BCUT2D eigenvalue weighted by Crippen LogP contribution is -2.05. The highest BCUT2D eigenvalue weighted by Gasteiger charge is 2.11. The summed E-state index contributed by atoms with van der Waals surface area (Å²) in [6, 6.07) is 6.40. The Kier molecular flexibility index (Phi) is 3.32. The van der Waals surface area contributed by atoms with Gasteiger partial charge in [-0.2, -0.15) is 5.10 Å². The first-order valence-electron chi connectivity index (χ1n) is 6.08. The maximum atomic E-state index is 11.0. The van der Waals surface area contributed by atoms with Crippen molar-refractivity contribution in [2.75, 3.05) is 0 Å². The summed E-state index contributed by atoms with van der Waals surface area (Å²) in [6.45, 7) is 8.72. The molecule has 0 saturated heterocycles. The lowest BCUT2D eigenvalue weighted by Gasteiger charge is -2.08. The van der Waals surface area contributed by atoms with E-state index in [1.165, 1.54) is 16.7 Å². The molecule has 0 spiro atoms. The molecule has 0 radical (unpaired) electrons. The fraction of sp³-hybridized carbons (Fsp3) is 0.333. The van der Waals surface area contributed by atoms with E-state index >= 15 is 0 Å². The third kappa shape index (κ3) is 2.21. The normalized spacial score (nSPS) is 10.7. The van der Waals surface area contributed by atoms with Crippen molar-refractivity contribution in [3.63, 3.8) is 0 Å². The fourth-order valence-corrected chi connectivity index (χ4v) is 2.22. The van der Waals surface area contributed by atoms with E-state index in [0.29, 0.717) is 12.1 Å². The van der Waals surface area contributed by atoms with Crippen LogP contribution in [0.2, 0.25) is 0 Å². The number of carbonyl (C=O) groups excluding carboxylic acids is 1. The minimum atomic E-state index is 0.708. The minimum Gasteiger partial charge on any atom is -0.298 e. The van der Waals surface area contributed by atoms with Gasteiger partial charge < -0.3 is 0 Å². The maximum Gasteiger partial charge on any atom is 0.153 e. The molecule has 3 heteroatoms. The molecule has 1 heterocycles. The van der Waals surface area contributed by atoms with Gasteiger partial charge in [0.1, 0.15) is 0 Å². The molecule has 0 unspecified atom stereocenters. The second-order valence-electron chi connectivity index (χ2n) is 4.79. The molecule has 18 heavy (non-hydrogen) atoms. The van der Waals surface area contributed by atoms with Gasteiger partial charge in [-0.15, -0.1) is 0 Å². The Morgan fingerprint density at radius 2 is 1.94 bits per heavy atom. The maximum absolute atomic E-state index is 11.0. The van der Waals surface area contributed by atoms with E-state index in [1.54, 1.807) is 0 Å². The van der Waals surface area contributed by atoms with E-state index in [1.807, 2.05) is 18.5 Å². The van der Waals surface area contributed by atoms with Crippen LogP contribution in [-0.4, -0.2) is 16.1 Å². The largest absolute Gasteiger partial charge is 0.298 e. The number of hydrogen-bond acceptors (Lipinski definition) is 2. The molecule has 2 rings (SSSR count). The molecule has 0 saturated carbocycles. The summed E-state index contributed by atoms with van der Waals surface area (Å²) in [5.74, 6) is 0. The smallest absolute Gasteiger partial charge is 0.153 e. The summed E-state index contributed by atoms with van der Waals surface area (Å²) in [5.41, 5.74) is 6.20. The highest BCUT2D eigenvalue weighted by Crippen LogP contribution is 2.16. The average molecular weight is 242 g/mol. The molecular formula is C15H18N2O. The predicted octanol–water partition coefficient (Wildman–Crippen LogP) is 2.98. The Balaban J connectivity index is 2.37. The molecule has 1 aromatic heterocycles. The predicted molar refractivity (Wildman–Crippen MR) is 72.1 cm³/mol. The zero-order valence-electron chi connectivity index (χ0n) is 11.3. The van der Waals surface area contributed by atoms with Crippen LogP contribution in [0, 0.1) is 27.7 Å². The number of rotatable bonds is 3. The van der Waals surface area contributed by atoms with Gasteiger partial charge in [-0.1, -0.05) is 23.8 Å². The van der Waals surface area contributed by atoms with Gasteiger partial charge in [0.2, 0.25) is 0 Å². The lowest BCUT2D eigenvalue weighted by atomic mass is 10.1. The van der Waals surface area contributed by atoms with Gasteiger partial charge in [-0.3, -0.25) is 9.48 Å². The monoisotopic (exact) mass is 242 g/mol. The van der Waals surface area contributed by atoms with Crippen LogP contribution in [0.15, 0.2) is 18.2 Å². The van der Waals surface area contributed by atoms with Crippen molar-refractivity contribution in [1.29, 1.82) is 0 Å². The Labute approximate surface area is 107 Å². The molecule has 3 nitrogen and oxygen atoms in total. The standard InChI is InChI=1S/C15H18N2O/c1-10-5-6-14(11(2)7-10)8-17-13(4)15(9-18)12(3)16-17/h5-7,9H,8H2,1-4H3. The Bertz CT molecular complexity index is 597. The topological polar surface area (TPSA) is 34.9 Å². The minimum absolute atomic E-state index is 0.708. The molecule has 0 aliphatic heterocycles. The van der Waals surface area contributed by atoms with E-state index < -0.39 is 0 Å². The average Bonchev–Trinajstić information content (AvgIpc) is 2.58. The number of hydrogen-bond donors (Lipinski definition) is 0. The molecule has 0 amide bonds. The molecule has 94 valence electrons. The molecule has 1 aromatic carbocycles. The summed E-state index contributed by atoms with van der Waals surface area (Å²) < 4.78 is 1.90. The van der Waals surface area contributed by atoms with Crippen molar-refractivity contribution in [3.8, 4) is 0 Å². The third-order valence-corrected chi connectivity index (χ3v) is 3.37. The molecule has 0 bridgehead atoms. The van der Waals surface area contributed by atoms with Gasteiger partial charge in [0.05, 0.1) is 17.8 Å². The van der Waals surface area contributed by atoms with Gasteiger partial charge in [-0.05, 0) is 38.8 Å². The molecule has 0 fully saturated rings. The second kappa shape index (κ2) is 4.77. The number of aryl methyl sites for hydroxylation is 3. The van der Waals surface area contributed by atoms with Crippen LogP contribution in [0.3, 0.4) is 0 Å². The van der Waals surface area contributed by atoms with Gasteiger partial charge in [0.25, 0.3) is 0 Å². The Morgan fingerprint density at radius 3 is 2.50 bits per heavy atom. The third-order valence-electron chi connectivity index (χ3n) is 3.37. The molecular weight excluding hydrogens is 224 g/mol. The van der Waals surface area contributed by atoms with Gasteiger partial charge in [0, 0.05) is 5.69 Å². The van der Waals surface area contributed by atoms with Gasteiger partial charge >= 0.3 is 0 Å². The van der Waals surface area contributed by atoms with Crippen molar-refractivity contribution < 1.29 is 4.79 Å². The lowest BCUT2D eigenvalue weighted by molar-refractivity contribution is 0.112. The molecule has 0 aliphatic carbocycles. The highest BCUT2D eigenvalue weighted by molar-refractivity contribution is 5.78. The first-order chi connectivity index (χ1) is 8.52. The molecule has 0 atom stereocenters. The summed E-state index contributed by atoms with van der Waals surface area (Å²) in [6.07, 6.45) is 0.885. The number of carbonyl (C=O) groups is 1. The van der Waals surface area contributed by atoms with Crippen LogP contribution in [0.5, 0.6) is 0 Å². The summed E-state index contributed by atoms with van der Waals surface area (Å²) >= 11 is 0. The van der Waals surface area contributed by atoms with Crippen LogP contribution in [-0.2, 0) is 6.54 Å². The SMILES string of the molecule is Cc1ccc(Cn2nc(C)c(C=O)c2C)c(C)c1. The van der Waals surface area contributed by atoms with Crippen molar-refractivity contribution in [2.24, 2.45) is 0 Å². The van der Waals surface area contributed by atoms with Crippen molar-refractivity contribution in [2.45, 2.75) is 34.2 Å². The van der Waals surface area contributed by atoms with E-state index in [9.17, 15) is 4.79 Å². The van der Waals surface area contributed by atoms with Gasteiger partial charge in [0.15, 0.2) is 6.29 Å². The van der Waals surface area contributed by atoms with Crippen molar-refractivity contribution in [3.05, 3.63) is 51.8 Å². The molecule has 0 N–H and O–H groups in total. The number of nitrogens with zero attached hydrogens (tertiary/aromatic N) is 2.